The molecule has 3 N–H and O–H groups in total. The minimum Gasteiger partial charge on any atom is -0.392 e. The van der Waals surface area contributed by atoms with Gasteiger partial charge in [0.25, 0.3) is 5.56 Å². The Hall–Kier alpha value is -2.71. The van der Waals surface area contributed by atoms with Crippen molar-refractivity contribution in [2.45, 2.75) is 25.5 Å². The van der Waals surface area contributed by atoms with E-state index >= 15 is 0 Å². The first-order chi connectivity index (χ1) is 12.9. The van der Waals surface area contributed by atoms with Crippen LogP contribution in [-0.4, -0.2) is 50.7 Å². The van der Waals surface area contributed by atoms with Crippen molar-refractivity contribution in [2.24, 2.45) is 7.05 Å². The zero-order chi connectivity index (χ0) is 19.6. The predicted octanol–water partition coefficient (Wildman–Crippen LogP) is -0.183. The van der Waals surface area contributed by atoms with Crippen LogP contribution in [0, 0.1) is 0 Å². The third kappa shape index (κ3) is 4.01. The van der Waals surface area contributed by atoms with Gasteiger partial charge in [0.05, 0.1) is 19.2 Å². The lowest BCUT2D eigenvalue weighted by Crippen LogP contribution is -2.46. The molecule has 1 aliphatic rings. The Morgan fingerprint density at radius 1 is 1.26 bits per heavy atom. The molecule has 8 nitrogen and oxygen atoms in total. The van der Waals surface area contributed by atoms with Crippen LogP contribution in [0.15, 0.2) is 39.9 Å². The van der Waals surface area contributed by atoms with Crippen LogP contribution in [0.3, 0.4) is 0 Å². The Morgan fingerprint density at radius 3 is 2.63 bits per heavy atom. The van der Waals surface area contributed by atoms with E-state index in [0.29, 0.717) is 19.5 Å². The Bertz CT molecular complexity index is 949. The summed E-state index contributed by atoms with van der Waals surface area (Å²) >= 11 is 0. The van der Waals surface area contributed by atoms with Crippen LogP contribution >= 0.6 is 0 Å². The monoisotopic (exact) mass is 372 g/mol. The normalized spacial score (nSPS) is 17.8. The summed E-state index contributed by atoms with van der Waals surface area (Å²) in [5.74, 6) is -0.557. The van der Waals surface area contributed by atoms with Crippen LogP contribution in [0.5, 0.6) is 0 Å². The number of carbonyl (C=O) groups excluding carboxylic acids is 1. The van der Waals surface area contributed by atoms with Gasteiger partial charge in [-0.15, -0.1) is 0 Å². The average Bonchev–Trinajstić information content (AvgIpc) is 2.64. The number of nitrogen functional groups attached to an aromatic ring is 1. The van der Waals surface area contributed by atoms with Gasteiger partial charge in [0.15, 0.2) is 5.78 Å². The fraction of sp³-hybridized carbons (Fsp3) is 0.421. The van der Waals surface area contributed by atoms with Gasteiger partial charge in [-0.3, -0.25) is 23.6 Å². The smallest absolute Gasteiger partial charge is 0.332 e. The van der Waals surface area contributed by atoms with Crippen molar-refractivity contribution in [3.8, 4) is 0 Å². The topological polar surface area (TPSA) is 111 Å². The van der Waals surface area contributed by atoms with Crippen molar-refractivity contribution in [3.05, 3.63) is 62.3 Å². The van der Waals surface area contributed by atoms with E-state index in [1.54, 1.807) is 0 Å². The molecule has 0 spiro atoms. The first kappa shape index (κ1) is 19.1. The van der Waals surface area contributed by atoms with Gasteiger partial charge in [0.2, 0.25) is 0 Å². The quantitative estimate of drug-likeness (QED) is 0.705. The van der Waals surface area contributed by atoms with E-state index in [1.807, 2.05) is 35.2 Å². The minimum absolute atomic E-state index is 0.0138. The highest BCUT2D eigenvalue weighted by atomic mass is 16.3. The molecule has 3 rings (SSSR count). The summed E-state index contributed by atoms with van der Waals surface area (Å²) in [4.78, 5) is 39.7. The van der Waals surface area contributed by atoms with E-state index in [-0.39, 0.29) is 24.5 Å². The molecule has 0 amide bonds. The predicted molar refractivity (Wildman–Crippen MR) is 102 cm³/mol. The molecule has 0 radical (unpaired) electrons. The van der Waals surface area contributed by atoms with Crippen molar-refractivity contribution in [2.75, 3.05) is 25.4 Å². The second-order valence-electron chi connectivity index (χ2n) is 6.93. The summed E-state index contributed by atoms with van der Waals surface area (Å²) in [6, 6.07) is 9.22. The van der Waals surface area contributed by atoms with E-state index < -0.39 is 23.1 Å². The standard InChI is InChI=1S/C19H24N4O4/c1-21-18(26)16(15(25)12-22-9-5-8-14(24)11-22)17(20)23(19(21)27)10-13-6-3-2-4-7-13/h2-4,6-7,14,24H,5,8-12,20H2,1H3. The molecule has 27 heavy (non-hydrogen) atoms. The van der Waals surface area contributed by atoms with Crippen molar-refractivity contribution in [1.82, 2.24) is 14.0 Å². The molecule has 1 fully saturated rings. The number of nitrogens with zero attached hydrogens (tertiary/aromatic N) is 3. The van der Waals surface area contributed by atoms with E-state index in [9.17, 15) is 19.5 Å². The van der Waals surface area contributed by atoms with E-state index in [4.69, 9.17) is 5.73 Å². The fourth-order valence-electron chi connectivity index (χ4n) is 3.42. The van der Waals surface area contributed by atoms with Gasteiger partial charge in [-0.05, 0) is 24.9 Å². The number of Topliss-reactive ketones (excluding diaryl/α,β-unsaturated/α-hetero) is 1. The number of piperidine rings is 1. The number of anilines is 1. The number of ketones is 1. The van der Waals surface area contributed by atoms with Crippen LogP contribution in [0.25, 0.3) is 0 Å². The number of nitrogens with two attached hydrogens (primary N) is 1. The maximum Gasteiger partial charge on any atom is 0.332 e. The number of rotatable bonds is 5. The molecule has 8 heteroatoms. The fourth-order valence-corrected chi connectivity index (χ4v) is 3.42. The second-order valence-corrected chi connectivity index (χ2v) is 6.93. The van der Waals surface area contributed by atoms with Gasteiger partial charge < -0.3 is 10.8 Å². The Labute approximate surface area is 156 Å². The largest absolute Gasteiger partial charge is 0.392 e. The molecular formula is C19H24N4O4. The number of aliphatic hydroxyl groups excluding tert-OH is 1. The molecule has 1 saturated heterocycles. The highest BCUT2D eigenvalue weighted by Crippen LogP contribution is 2.13. The van der Waals surface area contributed by atoms with Crippen molar-refractivity contribution in [3.63, 3.8) is 0 Å². The lowest BCUT2D eigenvalue weighted by atomic mass is 10.1. The van der Waals surface area contributed by atoms with Crippen LogP contribution in [0.1, 0.15) is 28.8 Å². The summed E-state index contributed by atoms with van der Waals surface area (Å²) in [7, 11) is 1.34. The number of β-amino-alcohol motifs (C(OH)–C–C–N with tert-alkyl or cyclic N) is 1. The molecule has 1 unspecified atom stereocenters. The first-order valence-corrected chi connectivity index (χ1v) is 8.95. The molecule has 1 aliphatic heterocycles. The SMILES string of the molecule is Cn1c(=O)c(C(=O)CN2CCCC(O)C2)c(N)n(Cc2ccccc2)c1=O. The zero-order valence-electron chi connectivity index (χ0n) is 15.3. The van der Waals surface area contributed by atoms with Crippen LogP contribution < -0.4 is 17.0 Å². The number of aliphatic hydroxyl groups is 1. The minimum atomic E-state index is -0.690. The van der Waals surface area contributed by atoms with Crippen molar-refractivity contribution >= 4 is 11.6 Å². The van der Waals surface area contributed by atoms with Crippen molar-refractivity contribution in [1.29, 1.82) is 0 Å². The third-order valence-corrected chi connectivity index (χ3v) is 4.89. The van der Waals surface area contributed by atoms with E-state index in [2.05, 4.69) is 0 Å². The molecule has 1 atom stereocenters. The third-order valence-electron chi connectivity index (χ3n) is 4.89. The summed E-state index contributed by atoms with van der Waals surface area (Å²) in [6.07, 6.45) is 1.02. The average molecular weight is 372 g/mol. The van der Waals surface area contributed by atoms with E-state index in [0.717, 1.165) is 16.6 Å². The summed E-state index contributed by atoms with van der Waals surface area (Å²) in [6.45, 7) is 1.21. The molecule has 0 saturated carbocycles. The highest BCUT2D eigenvalue weighted by molar-refractivity contribution is 6.01. The van der Waals surface area contributed by atoms with Crippen LogP contribution in [0.4, 0.5) is 5.82 Å². The Kier molecular flexibility index (Phi) is 5.57. The molecule has 1 aromatic carbocycles. The summed E-state index contributed by atoms with van der Waals surface area (Å²) in [5, 5.41) is 9.77. The van der Waals surface area contributed by atoms with Crippen LogP contribution in [-0.2, 0) is 13.6 Å². The first-order valence-electron chi connectivity index (χ1n) is 8.95. The molecule has 144 valence electrons. The maximum absolute atomic E-state index is 12.8. The number of benzene rings is 1. The second kappa shape index (κ2) is 7.89. The Morgan fingerprint density at radius 2 is 1.96 bits per heavy atom. The molecular weight excluding hydrogens is 348 g/mol. The van der Waals surface area contributed by atoms with Gasteiger partial charge >= 0.3 is 5.69 Å². The maximum atomic E-state index is 12.8. The number of likely N-dealkylation sites (tertiary alicyclic amines) is 1. The number of aromatic nitrogens is 2. The van der Waals surface area contributed by atoms with Crippen molar-refractivity contribution < 1.29 is 9.90 Å². The lowest BCUT2D eigenvalue weighted by molar-refractivity contribution is 0.0633. The Balaban J connectivity index is 1.96. The molecule has 2 aromatic rings. The molecule has 0 bridgehead atoms. The molecule has 2 heterocycles. The summed E-state index contributed by atoms with van der Waals surface area (Å²) < 4.78 is 2.16. The van der Waals surface area contributed by atoms with Gasteiger partial charge in [0.1, 0.15) is 11.4 Å². The number of hydrogen-bond acceptors (Lipinski definition) is 6. The van der Waals surface area contributed by atoms with Gasteiger partial charge in [-0.25, -0.2) is 4.79 Å². The lowest BCUT2D eigenvalue weighted by Gasteiger charge is -2.29. The number of hydrogen-bond donors (Lipinski definition) is 2. The number of carbonyl (C=O) groups is 1. The summed E-state index contributed by atoms with van der Waals surface area (Å²) in [5.41, 5.74) is 5.50. The molecule has 1 aromatic heterocycles. The van der Waals surface area contributed by atoms with Gasteiger partial charge in [-0.1, -0.05) is 30.3 Å². The molecule has 0 aliphatic carbocycles. The van der Waals surface area contributed by atoms with Crippen LogP contribution in [0.2, 0.25) is 0 Å². The van der Waals surface area contributed by atoms with E-state index in [1.165, 1.54) is 11.6 Å². The van der Waals surface area contributed by atoms with Gasteiger partial charge in [-0.2, -0.15) is 0 Å². The highest BCUT2D eigenvalue weighted by Gasteiger charge is 2.25. The van der Waals surface area contributed by atoms with Gasteiger partial charge in [0, 0.05) is 13.6 Å². The zero-order valence-corrected chi connectivity index (χ0v) is 15.3.